The molecule has 2 aromatic carbocycles. The Kier molecular flexibility index (Phi) is 6.69. The van der Waals surface area contributed by atoms with Gasteiger partial charge in [0.2, 0.25) is 5.91 Å². The van der Waals surface area contributed by atoms with Crippen LogP contribution in [-0.4, -0.2) is 78.2 Å². The number of nitrogens with zero attached hydrogens (tertiary/aromatic N) is 7. The molecule has 232 valence electrons. The second-order valence-electron chi connectivity index (χ2n) is 13.8. The Morgan fingerprint density at radius 2 is 1.98 bits per heavy atom. The standard InChI is InChI=1S/C35H39ClN8O/c1-5-30(45)42-19-35(20-42)14-26(15-35)44-23(4)31(32-27-17-37-39-28(27)12-22(3)33(32)36)34(40-44)24-6-7-29-25(13-24)16-38-43(29)11-10-41-9-8-21(2)18-41/h5-7,12-13,16-17,21,26H,1,8-11,14-15,18-20H2,2-4H3,(H,37,39)/t21-/m0/s1. The van der Waals surface area contributed by atoms with Gasteiger partial charge in [-0.05, 0) is 75.4 Å². The van der Waals surface area contributed by atoms with Crippen LogP contribution in [0.2, 0.25) is 5.02 Å². The summed E-state index contributed by atoms with van der Waals surface area (Å²) in [4.78, 5) is 16.5. The number of hydrogen-bond donors (Lipinski definition) is 1. The summed E-state index contributed by atoms with van der Waals surface area (Å²) in [7, 11) is 0. The molecule has 1 atom stereocenters. The molecule has 2 aliphatic heterocycles. The number of H-pyrrole nitrogens is 1. The number of aromatic amines is 1. The van der Waals surface area contributed by atoms with Crippen LogP contribution >= 0.6 is 11.6 Å². The number of benzene rings is 2. The third-order valence-corrected chi connectivity index (χ3v) is 11.0. The SMILES string of the molecule is C=CC(=O)N1CC2(CC(n3nc(-c4ccc5c(cnn5CCN5CC[C@H](C)C5)c4)c(-c4c(Cl)c(C)cc5[nH]ncc45)c3C)C2)C1. The molecular weight excluding hydrogens is 584 g/mol. The van der Waals surface area contributed by atoms with E-state index in [-0.39, 0.29) is 17.4 Å². The minimum Gasteiger partial charge on any atom is -0.338 e. The second kappa shape index (κ2) is 10.6. The highest BCUT2D eigenvalue weighted by molar-refractivity contribution is 6.36. The van der Waals surface area contributed by atoms with Crippen LogP contribution in [0.5, 0.6) is 0 Å². The van der Waals surface area contributed by atoms with Crippen LogP contribution in [0.1, 0.15) is 43.5 Å². The van der Waals surface area contributed by atoms with E-state index in [2.05, 4.69) is 69.2 Å². The number of hydrogen-bond acceptors (Lipinski definition) is 5. The molecule has 2 saturated heterocycles. The van der Waals surface area contributed by atoms with Gasteiger partial charge in [0.15, 0.2) is 0 Å². The van der Waals surface area contributed by atoms with Crippen molar-refractivity contribution in [2.45, 2.75) is 52.6 Å². The molecule has 45 heavy (non-hydrogen) atoms. The van der Waals surface area contributed by atoms with Gasteiger partial charge in [0.05, 0.1) is 41.0 Å². The highest BCUT2D eigenvalue weighted by Gasteiger charge is 2.54. The summed E-state index contributed by atoms with van der Waals surface area (Å²) in [6.07, 6.45) is 8.53. The molecule has 5 heterocycles. The number of rotatable bonds is 7. The molecular formula is C35H39ClN8O. The Balaban J connectivity index is 1.17. The molecule has 0 bridgehead atoms. The molecule has 10 heteroatoms. The van der Waals surface area contributed by atoms with Gasteiger partial charge < -0.3 is 9.80 Å². The number of likely N-dealkylation sites (tertiary alicyclic amines) is 2. The molecule has 1 aliphatic carbocycles. The fourth-order valence-corrected chi connectivity index (χ4v) is 8.37. The Morgan fingerprint density at radius 3 is 2.73 bits per heavy atom. The Bertz CT molecular complexity index is 1970. The van der Waals surface area contributed by atoms with Crippen molar-refractivity contribution >= 4 is 39.3 Å². The first-order valence-corrected chi connectivity index (χ1v) is 16.4. The lowest BCUT2D eigenvalue weighted by atomic mass is 9.60. The average Bonchev–Trinajstić information content (AvgIpc) is 3.78. The fraction of sp³-hybridized carbons (Fsp3) is 0.429. The quantitative estimate of drug-likeness (QED) is 0.212. The largest absolute Gasteiger partial charge is 0.338 e. The molecule has 3 aliphatic rings. The molecule has 0 unspecified atom stereocenters. The number of aromatic nitrogens is 6. The van der Waals surface area contributed by atoms with Crippen LogP contribution in [-0.2, 0) is 11.3 Å². The third-order valence-electron chi connectivity index (χ3n) is 10.5. The zero-order valence-electron chi connectivity index (χ0n) is 26.2. The normalized spacial score (nSPS) is 19.9. The van der Waals surface area contributed by atoms with Crippen LogP contribution in [0.25, 0.3) is 44.2 Å². The lowest BCUT2D eigenvalue weighted by Crippen LogP contribution is -2.63. The van der Waals surface area contributed by atoms with Gasteiger partial charge in [-0.15, -0.1) is 0 Å². The molecule has 1 spiro atoms. The highest BCUT2D eigenvalue weighted by Crippen LogP contribution is 2.55. The van der Waals surface area contributed by atoms with E-state index in [1.807, 2.05) is 24.2 Å². The van der Waals surface area contributed by atoms with Crippen molar-refractivity contribution < 1.29 is 4.79 Å². The highest BCUT2D eigenvalue weighted by atomic mass is 35.5. The third kappa shape index (κ3) is 4.62. The van der Waals surface area contributed by atoms with Gasteiger partial charge in [0.25, 0.3) is 0 Å². The average molecular weight is 623 g/mol. The number of carbonyl (C=O) groups excluding carboxylic acids is 1. The van der Waals surface area contributed by atoms with E-state index in [9.17, 15) is 4.79 Å². The summed E-state index contributed by atoms with van der Waals surface area (Å²) in [5, 5.41) is 20.4. The first kappa shape index (κ1) is 28.5. The summed E-state index contributed by atoms with van der Waals surface area (Å²) in [5.74, 6) is 0.798. The summed E-state index contributed by atoms with van der Waals surface area (Å²) in [5.41, 5.74) is 8.34. The summed E-state index contributed by atoms with van der Waals surface area (Å²) in [6, 6.07) is 8.90. The topological polar surface area (TPSA) is 87.9 Å². The van der Waals surface area contributed by atoms with E-state index in [4.69, 9.17) is 21.8 Å². The van der Waals surface area contributed by atoms with Crippen LogP contribution < -0.4 is 0 Å². The molecule has 3 aromatic heterocycles. The lowest BCUT2D eigenvalue weighted by Gasteiger charge is -2.58. The number of amides is 1. The van der Waals surface area contributed by atoms with Crippen LogP contribution in [0.4, 0.5) is 0 Å². The van der Waals surface area contributed by atoms with Crippen molar-refractivity contribution in [2.24, 2.45) is 11.3 Å². The van der Waals surface area contributed by atoms with Gasteiger partial charge in [0, 0.05) is 64.8 Å². The maximum absolute atomic E-state index is 12.1. The van der Waals surface area contributed by atoms with Gasteiger partial charge >= 0.3 is 0 Å². The molecule has 5 aromatic rings. The molecule has 1 amide bonds. The lowest BCUT2D eigenvalue weighted by molar-refractivity contribution is -0.149. The molecule has 8 rings (SSSR count). The van der Waals surface area contributed by atoms with Crippen LogP contribution in [0.3, 0.4) is 0 Å². The number of aryl methyl sites for hydroxylation is 1. The van der Waals surface area contributed by atoms with E-state index in [0.29, 0.717) is 0 Å². The number of nitrogens with one attached hydrogen (secondary N) is 1. The van der Waals surface area contributed by atoms with Crippen molar-refractivity contribution in [1.29, 1.82) is 0 Å². The first-order chi connectivity index (χ1) is 21.7. The van der Waals surface area contributed by atoms with Gasteiger partial charge in [-0.3, -0.25) is 19.3 Å². The maximum Gasteiger partial charge on any atom is 0.245 e. The van der Waals surface area contributed by atoms with Gasteiger partial charge in [-0.2, -0.15) is 15.3 Å². The van der Waals surface area contributed by atoms with Crippen LogP contribution in [0, 0.1) is 25.2 Å². The summed E-state index contributed by atoms with van der Waals surface area (Å²) >= 11 is 7.12. The smallest absolute Gasteiger partial charge is 0.245 e. The Labute approximate surface area is 267 Å². The predicted octanol–water partition coefficient (Wildman–Crippen LogP) is 6.40. The number of fused-ring (bicyclic) bond motifs is 2. The van der Waals surface area contributed by atoms with E-state index in [0.717, 1.165) is 105 Å². The minimum atomic E-state index is 0.0199. The minimum absolute atomic E-state index is 0.0199. The monoisotopic (exact) mass is 622 g/mol. The summed E-state index contributed by atoms with van der Waals surface area (Å²) < 4.78 is 4.34. The van der Waals surface area contributed by atoms with E-state index in [1.165, 1.54) is 25.6 Å². The maximum atomic E-state index is 12.1. The van der Waals surface area contributed by atoms with Crippen LogP contribution in [0.15, 0.2) is 49.3 Å². The first-order valence-electron chi connectivity index (χ1n) is 16.0. The molecule has 1 N–H and O–H groups in total. The molecule has 3 fully saturated rings. The van der Waals surface area contributed by atoms with Crippen molar-refractivity contribution in [3.63, 3.8) is 0 Å². The molecule has 0 radical (unpaired) electrons. The fourth-order valence-electron chi connectivity index (χ4n) is 8.12. The van der Waals surface area contributed by atoms with Crippen molar-refractivity contribution in [3.8, 4) is 22.4 Å². The zero-order chi connectivity index (χ0) is 31.0. The van der Waals surface area contributed by atoms with Gasteiger partial charge in [0.1, 0.15) is 5.69 Å². The zero-order valence-corrected chi connectivity index (χ0v) is 26.9. The van der Waals surface area contributed by atoms with Crippen molar-refractivity contribution in [1.82, 2.24) is 39.6 Å². The Morgan fingerprint density at radius 1 is 1.16 bits per heavy atom. The van der Waals surface area contributed by atoms with Gasteiger partial charge in [-0.1, -0.05) is 31.2 Å². The van der Waals surface area contributed by atoms with Gasteiger partial charge in [-0.25, -0.2) is 0 Å². The Hall–Kier alpha value is -3.95. The van der Waals surface area contributed by atoms with E-state index < -0.39 is 0 Å². The predicted molar refractivity (Wildman–Crippen MR) is 178 cm³/mol. The van der Waals surface area contributed by atoms with Crippen molar-refractivity contribution in [2.75, 3.05) is 32.7 Å². The summed E-state index contributed by atoms with van der Waals surface area (Å²) in [6.45, 7) is 16.0. The molecule has 9 nitrogen and oxygen atoms in total. The van der Waals surface area contributed by atoms with Crippen molar-refractivity contribution in [3.05, 3.63) is 65.6 Å². The van der Waals surface area contributed by atoms with E-state index >= 15 is 0 Å². The number of halogens is 1. The molecule has 1 saturated carbocycles. The van der Waals surface area contributed by atoms with E-state index in [1.54, 1.807) is 0 Å². The number of carbonyl (C=O) groups is 1. The second-order valence-corrected chi connectivity index (χ2v) is 14.1.